The van der Waals surface area contributed by atoms with E-state index >= 15 is 0 Å². The number of amides is 2. The summed E-state index contributed by atoms with van der Waals surface area (Å²) >= 11 is 0. The predicted octanol–water partition coefficient (Wildman–Crippen LogP) is -1.49. The first-order valence-electron chi connectivity index (χ1n) is 6.59. The van der Waals surface area contributed by atoms with Crippen molar-refractivity contribution >= 4 is 11.8 Å². The Morgan fingerprint density at radius 3 is 2.28 bits per heavy atom. The largest absolute Gasteiger partial charge is 0.379 e. The van der Waals surface area contributed by atoms with Crippen LogP contribution in [0.15, 0.2) is 0 Å². The number of likely N-dealkylation sites (tertiary alicyclic amines) is 1. The van der Waals surface area contributed by atoms with Gasteiger partial charge < -0.3 is 10.5 Å². The van der Waals surface area contributed by atoms with Gasteiger partial charge in [0.2, 0.25) is 11.8 Å². The molecule has 0 aromatic heterocycles. The molecule has 2 amide bonds. The summed E-state index contributed by atoms with van der Waals surface area (Å²) in [5, 5.41) is 0. The van der Waals surface area contributed by atoms with E-state index in [4.69, 9.17) is 10.5 Å². The molecule has 2 N–H and O–H groups in total. The zero-order valence-electron chi connectivity index (χ0n) is 10.4. The number of rotatable bonds is 4. The van der Waals surface area contributed by atoms with E-state index in [9.17, 15) is 9.59 Å². The Labute approximate surface area is 106 Å². The van der Waals surface area contributed by atoms with E-state index in [1.165, 1.54) is 4.90 Å². The lowest BCUT2D eigenvalue weighted by Gasteiger charge is -2.28. The van der Waals surface area contributed by atoms with Crippen LogP contribution in [-0.2, 0) is 14.3 Å². The third kappa shape index (κ3) is 1.84. The summed E-state index contributed by atoms with van der Waals surface area (Å²) in [4.78, 5) is 27.7. The molecule has 3 aliphatic rings. The molecule has 100 valence electrons. The van der Waals surface area contributed by atoms with E-state index < -0.39 is 0 Å². The molecule has 18 heavy (non-hydrogen) atoms. The molecule has 2 unspecified atom stereocenters. The molecular weight excluding hydrogens is 234 g/mol. The number of fused-ring (bicyclic) bond motifs is 1. The molecule has 2 heterocycles. The minimum absolute atomic E-state index is 0.00582. The van der Waals surface area contributed by atoms with Gasteiger partial charge in [0.15, 0.2) is 0 Å². The molecular formula is C12H19N3O3. The fourth-order valence-electron chi connectivity index (χ4n) is 3.10. The first-order valence-corrected chi connectivity index (χ1v) is 6.59. The zero-order chi connectivity index (χ0) is 12.7. The van der Waals surface area contributed by atoms with Crippen LogP contribution in [0, 0.1) is 17.8 Å². The van der Waals surface area contributed by atoms with Gasteiger partial charge in [0.1, 0.15) is 0 Å². The number of carbonyl (C=O) groups excluding carboxylic acids is 2. The highest BCUT2D eigenvalue weighted by molar-refractivity contribution is 6.09. The molecule has 6 nitrogen and oxygen atoms in total. The second-order valence-corrected chi connectivity index (χ2v) is 5.23. The summed E-state index contributed by atoms with van der Waals surface area (Å²) < 4.78 is 5.26. The number of hydrogen-bond donors (Lipinski definition) is 1. The summed E-state index contributed by atoms with van der Waals surface area (Å²) in [6.45, 7) is 4.97. The second-order valence-electron chi connectivity index (χ2n) is 5.23. The predicted molar refractivity (Wildman–Crippen MR) is 63.5 cm³/mol. The van der Waals surface area contributed by atoms with Crippen molar-refractivity contribution in [3.8, 4) is 0 Å². The van der Waals surface area contributed by atoms with Crippen LogP contribution in [-0.4, -0.2) is 67.6 Å². The number of piperidine rings is 1. The molecule has 2 saturated heterocycles. The average molecular weight is 253 g/mol. The fourth-order valence-corrected chi connectivity index (χ4v) is 3.10. The lowest BCUT2D eigenvalue weighted by Crippen LogP contribution is -2.44. The van der Waals surface area contributed by atoms with Crippen molar-refractivity contribution in [3.63, 3.8) is 0 Å². The lowest BCUT2D eigenvalue weighted by molar-refractivity contribution is -0.142. The highest BCUT2D eigenvalue weighted by Gasteiger charge is 2.66. The van der Waals surface area contributed by atoms with Crippen molar-refractivity contribution < 1.29 is 14.3 Å². The van der Waals surface area contributed by atoms with Crippen molar-refractivity contribution in [1.82, 2.24) is 9.80 Å². The molecule has 0 aromatic rings. The van der Waals surface area contributed by atoms with E-state index in [1.807, 2.05) is 0 Å². The molecule has 0 spiro atoms. The Balaban J connectivity index is 1.52. The average Bonchev–Trinajstić information content (AvgIpc) is 3.08. The van der Waals surface area contributed by atoms with Crippen molar-refractivity contribution in [1.29, 1.82) is 0 Å². The van der Waals surface area contributed by atoms with Crippen LogP contribution < -0.4 is 5.73 Å². The van der Waals surface area contributed by atoms with Gasteiger partial charge in [-0.2, -0.15) is 0 Å². The minimum atomic E-state index is -0.104. The van der Waals surface area contributed by atoms with Crippen LogP contribution >= 0.6 is 0 Å². The van der Waals surface area contributed by atoms with E-state index in [2.05, 4.69) is 4.90 Å². The van der Waals surface area contributed by atoms with Crippen molar-refractivity contribution in [2.24, 2.45) is 23.5 Å². The van der Waals surface area contributed by atoms with Gasteiger partial charge in [-0.05, 0) is 12.5 Å². The Hall–Kier alpha value is -0.980. The first-order chi connectivity index (χ1) is 8.74. The monoisotopic (exact) mass is 253 g/mol. The molecule has 3 fully saturated rings. The Morgan fingerprint density at radius 2 is 1.72 bits per heavy atom. The van der Waals surface area contributed by atoms with Crippen LogP contribution in [0.5, 0.6) is 0 Å². The summed E-state index contributed by atoms with van der Waals surface area (Å²) in [7, 11) is 0. The smallest absolute Gasteiger partial charge is 0.233 e. The number of nitrogens with zero attached hydrogens (tertiary/aromatic N) is 2. The van der Waals surface area contributed by atoms with E-state index in [0.717, 1.165) is 32.8 Å². The standard InChI is InChI=1S/C12H19N3O3/c13-7-8-9-10(8)12(17)15(11(9)16)2-1-14-3-5-18-6-4-14/h8-10H,1-7,13H2. The van der Waals surface area contributed by atoms with Crippen LogP contribution in [0.4, 0.5) is 0 Å². The lowest BCUT2D eigenvalue weighted by atomic mass is 10.2. The van der Waals surface area contributed by atoms with Crippen LogP contribution in [0.25, 0.3) is 0 Å². The molecule has 3 rings (SSSR count). The van der Waals surface area contributed by atoms with Crippen LogP contribution in [0.1, 0.15) is 0 Å². The minimum Gasteiger partial charge on any atom is -0.379 e. The maximum Gasteiger partial charge on any atom is 0.233 e. The summed E-state index contributed by atoms with van der Waals surface area (Å²) in [5.74, 6) is -0.105. The van der Waals surface area contributed by atoms with Gasteiger partial charge >= 0.3 is 0 Å². The summed E-state index contributed by atoms with van der Waals surface area (Å²) in [5.41, 5.74) is 5.54. The molecule has 2 aliphatic heterocycles. The van der Waals surface area contributed by atoms with Gasteiger partial charge in [-0.15, -0.1) is 0 Å². The maximum atomic E-state index is 12.0. The normalized spacial score (nSPS) is 36.1. The van der Waals surface area contributed by atoms with E-state index in [0.29, 0.717) is 13.1 Å². The van der Waals surface area contributed by atoms with Gasteiger partial charge in [-0.25, -0.2) is 0 Å². The van der Waals surface area contributed by atoms with Crippen molar-refractivity contribution in [3.05, 3.63) is 0 Å². The SMILES string of the molecule is NCC1C2C(=O)N(CCN3CCOCC3)C(=O)C12. The maximum absolute atomic E-state index is 12.0. The summed E-state index contributed by atoms with van der Waals surface area (Å²) in [6, 6.07) is 0. The Morgan fingerprint density at radius 1 is 1.11 bits per heavy atom. The van der Waals surface area contributed by atoms with E-state index in [-0.39, 0.29) is 29.6 Å². The van der Waals surface area contributed by atoms with Crippen molar-refractivity contribution in [2.75, 3.05) is 45.9 Å². The third-order valence-electron chi connectivity index (χ3n) is 4.29. The number of imide groups is 1. The molecule has 1 aliphatic carbocycles. The van der Waals surface area contributed by atoms with E-state index in [1.54, 1.807) is 0 Å². The summed E-state index contributed by atoms with van der Waals surface area (Å²) in [6.07, 6.45) is 0. The van der Waals surface area contributed by atoms with Gasteiger partial charge in [-0.3, -0.25) is 19.4 Å². The number of morpholine rings is 1. The quantitative estimate of drug-likeness (QED) is 0.618. The highest BCUT2D eigenvalue weighted by Crippen LogP contribution is 2.52. The molecule has 1 saturated carbocycles. The van der Waals surface area contributed by atoms with Gasteiger partial charge in [0.05, 0.1) is 25.0 Å². The van der Waals surface area contributed by atoms with Gasteiger partial charge in [-0.1, -0.05) is 0 Å². The number of hydrogen-bond acceptors (Lipinski definition) is 5. The Bertz CT molecular complexity index is 346. The first kappa shape index (κ1) is 12.1. The fraction of sp³-hybridized carbons (Fsp3) is 0.833. The topological polar surface area (TPSA) is 75.9 Å². The second kappa shape index (κ2) is 4.60. The third-order valence-corrected chi connectivity index (χ3v) is 4.29. The van der Waals surface area contributed by atoms with Crippen LogP contribution in [0.3, 0.4) is 0 Å². The molecule has 0 radical (unpaired) electrons. The van der Waals surface area contributed by atoms with Gasteiger partial charge in [0.25, 0.3) is 0 Å². The van der Waals surface area contributed by atoms with Gasteiger partial charge in [0, 0.05) is 26.2 Å². The Kier molecular flexibility index (Phi) is 3.09. The molecule has 0 aromatic carbocycles. The molecule has 6 heteroatoms. The number of nitrogens with two attached hydrogens (primary N) is 1. The highest BCUT2D eigenvalue weighted by atomic mass is 16.5. The number of ether oxygens (including phenoxy) is 1. The van der Waals surface area contributed by atoms with Crippen molar-refractivity contribution in [2.45, 2.75) is 0 Å². The zero-order valence-corrected chi connectivity index (χ0v) is 10.4. The molecule has 0 bridgehead atoms. The van der Waals surface area contributed by atoms with Crippen LogP contribution in [0.2, 0.25) is 0 Å². The molecule has 2 atom stereocenters. The number of carbonyl (C=O) groups is 2.